The van der Waals surface area contributed by atoms with E-state index in [9.17, 15) is 4.79 Å². The van der Waals surface area contributed by atoms with Crippen LogP contribution in [0.15, 0.2) is 48.5 Å². The second kappa shape index (κ2) is 7.97. The highest BCUT2D eigenvalue weighted by atomic mass is 35.5. The number of halogens is 1. The smallest absolute Gasteiger partial charge is 0.272 e. The third kappa shape index (κ3) is 3.76. The molecular formula is C22H24ClN3O. The van der Waals surface area contributed by atoms with Crippen molar-refractivity contribution >= 4 is 17.5 Å². The summed E-state index contributed by atoms with van der Waals surface area (Å²) < 4.78 is 1.74. The number of rotatable bonds is 5. The quantitative estimate of drug-likeness (QED) is 0.602. The van der Waals surface area contributed by atoms with E-state index in [1.165, 1.54) is 5.56 Å². The van der Waals surface area contributed by atoms with Gasteiger partial charge in [0.2, 0.25) is 0 Å². The van der Waals surface area contributed by atoms with Gasteiger partial charge in [0.25, 0.3) is 5.91 Å². The molecule has 0 spiro atoms. The van der Waals surface area contributed by atoms with Gasteiger partial charge in [0.1, 0.15) is 5.69 Å². The number of aryl methyl sites for hydroxylation is 2. The molecule has 1 heterocycles. The molecule has 1 amide bonds. The van der Waals surface area contributed by atoms with Crippen molar-refractivity contribution in [2.75, 3.05) is 13.1 Å². The van der Waals surface area contributed by atoms with E-state index in [1.807, 2.05) is 63.2 Å². The summed E-state index contributed by atoms with van der Waals surface area (Å²) in [6, 6.07) is 15.5. The Bertz CT molecular complexity index is 973. The lowest BCUT2D eigenvalue weighted by Crippen LogP contribution is -2.32. The first kappa shape index (κ1) is 19.2. The van der Waals surface area contributed by atoms with Crippen molar-refractivity contribution < 1.29 is 4.79 Å². The minimum Gasteiger partial charge on any atom is -0.338 e. The number of aromatic nitrogens is 2. The van der Waals surface area contributed by atoms with Crippen LogP contribution in [0.4, 0.5) is 0 Å². The van der Waals surface area contributed by atoms with Crippen molar-refractivity contribution in [3.8, 4) is 16.9 Å². The first-order valence-corrected chi connectivity index (χ1v) is 9.55. The molecule has 0 aliphatic carbocycles. The maximum atomic E-state index is 13.1. The molecule has 0 aliphatic rings. The van der Waals surface area contributed by atoms with Gasteiger partial charge in [-0.3, -0.25) is 4.79 Å². The van der Waals surface area contributed by atoms with Crippen molar-refractivity contribution in [3.05, 3.63) is 70.4 Å². The molecule has 0 bridgehead atoms. The molecule has 0 saturated carbocycles. The zero-order valence-electron chi connectivity index (χ0n) is 16.2. The van der Waals surface area contributed by atoms with Gasteiger partial charge in [-0.25, -0.2) is 4.68 Å². The molecule has 0 fully saturated rings. The Balaban J connectivity index is 2.21. The van der Waals surface area contributed by atoms with E-state index in [4.69, 9.17) is 16.7 Å². The summed E-state index contributed by atoms with van der Waals surface area (Å²) in [6.07, 6.45) is 0. The fourth-order valence-electron chi connectivity index (χ4n) is 3.23. The van der Waals surface area contributed by atoms with Crippen LogP contribution in [0.3, 0.4) is 0 Å². The molecule has 1 aromatic heterocycles. The molecule has 0 unspecified atom stereocenters. The Morgan fingerprint density at radius 3 is 2.41 bits per heavy atom. The first-order valence-electron chi connectivity index (χ1n) is 9.18. The Labute approximate surface area is 165 Å². The van der Waals surface area contributed by atoms with E-state index in [0.717, 1.165) is 16.8 Å². The molecule has 4 nitrogen and oxygen atoms in total. The molecule has 27 heavy (non-hydrogen) atoms. The van der Waals surface area contributed by atoms with Gasteiger partial charge in [-0.05, 0) is 51.5 Å². The number of nitrogens with zero attached hydrogens (tertiary/aromatic N) is 3. The molecular weight excluding hydrogens is 358 g/mol. The lowest BCUT2D eigenvalue weighted by Gasteiger charge is -2.19. The monoisotopic (exact) mass is 381 g/mol. The van der Waals surface area contributed by atoms with E-state index >= 15 is 0 Å². The van der Waals surface area contributed by atoms with Crippen LogP contribution in [0.25, 0.3) is 16.9 Å². The van der Waals surface area contributed by atoms with Crippen LogP contribution >= 0.6 is 11.6 Å². The minimum atomic E-state index is -0.0363. The summed E-state index contributed by atoms with van der Waals surface area (Å²) in [5, 5.41) is 5.37. The fourth-order valence-corrected chi connectivity index (χ4v) is 3.47. The highest BCUT2D eigenvalue weighted by Gasteiger charge is 2.22. The third-order valence-electron chi connectivity index (χ3n) is 4.71. The zero-order chi connectivity index (χ0) is 19.6. The van der Waals surface area contributed by atoms with Crippen molar-refractivity contribution in [1.29, 1.82) is 0 Å². The van der Waals surface area contributed by atoms with Gasteiger partial charge in [-0.15, -0.1) is 0 Å². The molecule has 3 aromatic rings. The van der Waals surface area contributed by atoms with Crippen molar-refractivity contribution in [3.63, 3.8) is 0 Å². The largest absolute Gasteiger partial charge is 0.338 e. The first-order chi connectivity index (χ1) is 13.0. The van der Waals surface area contributed by atoms with E-state index in [-0.39, 0.29) is 5.91 Å². The molecule has 0 saturated heterocycles. The number of carbonyl (C=O) groups excluding carboxylic acids is 1. The summed E-state index contributed by atoms with van der Waals surface area (Å²) in [7, 11) is 0. The fraction of sp³-hybridized carbons (Fsp3) is 0.273. The molecule has 0 N–H and O–H groups in total. The van der Waals surface area contributed by atoms with Crippen LogP contribution in [-0.2, 0) is 0 Å². The van der Waals surface area contributed by atoms with Gasteiger partial charge >= 0.3 is 0 Å². The molecule has 0 aliphatic heterocycles. The van der Waals surface area contributed by atoms with E-state index in [2.05, 4.69) is 13.0 Å². The Morgan fingerprint density at radius 2 is 1.78 bits per heavy atom. The Kier molecular flexibility index (Phi) is 5.66. The van der Waals surface area contributed by atoms with Crippen LogP contribution < -0.4 is 0 Å². The van der Waals surface area contributed by atoms with Crippen LogP contribution in [0.1, 0.15) is 35.5 Å². The summed E-state index contributed by atoms with van der Waals surface area (Å²) >= 11 is 6.37. The molecule has 140 valence electrons. The minimum absolute atomic E-state index is 0.0363. The molecule has 3 rings (SSSR count). The Hall–Kier alpha value is -2.59. The summed E-state index contributed by atoms with van der Waals surface area (Å²) in [6.45, 7) is 9.34. The van der Waals surface area contributed by atoms with Crippen LogP contribution in [0, 0.1) is 13.8 Å². The van der Waals surface area contributed by atoms with E-state index < -0.39 is 0 Å². The van der Waals surface area contributed by atoms with Crippen molar-refractivity contribution in [1.82, 2.24) is 14.7 Å². The summed E-state index contributed by atoms with van der Waals surface area (Å²) in [4.78, 5) is 14.9. The number of hydrogen-bond acceptors (Lipinski definition) is 2. The lowest BCUT2D eigenvalue weighted by molar-refractivity contribution is 0.0764. The zero-order valence-corrected chi connectivity index (χ0v) is 16.9. The Morgan fingerprint density at radius 1 is 1.07 bits per heavy atom. The van der Waals surface area contributed by atoms with E-state index in [0.29, 0.717) is 29.5 Å². The second-order valence-electron chi connectivity index (χ2n) is 6.57. The van der Waals surface area contributed by atoms with Crippen LogP contribution in [0.5, 0.6) is 0 Å². The van der Waals surface area contributed by atoms with Crippen LogP contribution in [-0.4, -0.2) is 33.7 Å². The summed E-state index contributed by atoms with van der Waals surface area (Å²) in [5.41, 5.74) is 5.19. The van der Waals surface area contributed by atoms with Gasteiger partial charge in [-0.1, -0.05) is 47.5 Å². The molecule has 0 atom stereocenters. The van der Waals surface area contributed by atoms with Crippen LogP contribution in [0.2, 0.25) is 5.02 Å². The standard InChI is InChI=1S/C22H24ClN3O/c1-5-25(6-2)22(27)21-14-19(17-9-7-8-10-18(17)23)24-26(21)20-12-11-15(3)13-16(20)4/h7-14H,5-6H2,1-4H3. The highest BCUT2D eigenvalue weighted by molar-refractivity contribution is 6.33. The number of benzene rings is 2. The number of carbonyl (C=O) groups is 1. The predicted octanol–water partition coefficient (Wildman–Crippen LogP) is 5.29. The van der Waals surface area contributed by atoms with Crippen molar-refractivity contribution in [2.45, 2.75) is 27.7 Å². The lowest BCUT2D eigenvalue weighted by atomic mass is 10.1. The average Bonchev–Trinajstić information content (AvgIpc) is 3.07. The summed E-state index contributed by atoms with van der Waals surface area (Å²) in [5.74, 6) is -0.0363. The molecule has 0 radical (unpaired) electrons. The SMILES string of the molecule is CCN(CC)C(=O)c1cc(-c2ccccc2Cl)nn1-c1ccc(C)cc1C. The molecule has 2 aromatic carbocycles. The normalized spacial score (nSPS) is 10.9. The van der Waals surface area contributed by atoms with Gasteiger partial charge in [0, 0.05) is 18.7 Å². The highest BCUT2D eigenvalue weighted by Crippen LogP contribution is 2.29. The topological polar surface area (TPSA) is 38.1 Å². The van der Waals surface area contributed by atoms with E-state index in [1.54, 1.807) is 9.58 Å². The second-order valence-corrected chi connectivity index (χ2v) is 6.98. The predicted molar refractivity (Wildman–Crippen MR) is 111 cm³/mol. The van der Waals surface area contributed by atoms with Gasteiger partial charge in [0.15, 0.2) is 0 Å². The molecule has 5 heteroatoms. The van der Waals surface area contributed by atoms with Gasteiger partial charge in [-0.2, -0.15) is 5.10 Å². The third-order valence-corrected chi connectivity index (χ3v) is 5.04. The maximum Gasteiger partial charge on any atom is 0.272 e. The van der Waals surface area contributed by atoms with Gasteiger partial charge < -0.3 is 4.90 Å². The average molecular weight is 382 g/mol. The number of hydrogen-bond donors (Lipinski definition) is 0. The maximum absolute atomic E-state index is 13.1. The van der Waals surface area contributed by atoms with Gasteiger partial charge in [0.05, 0.1) is 16.4 Å². The van der Waals surface area contributed by atoms with Crippen molar-refractivity contribution in [2.24, 2.45) is 0 Å². The number of amides is 1.